The molecule has 0 bridgehead atoms. The van der Waals surface area contributed by atoms with E-state index in [1.165, 1.54) is 32.1 Å². The molecule has 20 heavy (non-hydrogen) atoms. The van der Waals surface area contributed by atoms with Gasteiger partial charge in [-0.1, -0.05) is 19.3 Å². The molecule has 1 aliphatic carbocycles. The standard InChI is InChI=1S/C14H23N3O2S/c1-18-11-9-12(19-2)17-13(16-11)15-10-14(20-3)7-5-4-6-8-14/h9H,4-8,10H2,1-3H3,(H,15,16,17). The molecular weight excluding hydrogens is 274 g/mol. The molecule has 0 spiro atoms. The van der Waals surface area contributed by atoms with E-state index in [-0.39, 0.29) is 0 Å². The second-order valence-electron chi connectivity index (χ2n) is 5.08. The van der Waals surface area contributed by atoms with Gasteiger partial charge in [0.25, 0.3) is 0 Å². The SMILES string of the molecule is COc1cc(OC)nc(NCC2(SC)CCCCC2)n1. The van der Waals surface area contributed by atoms with Crippen molar-refractivity contribution in [1.82, 2.24) is 9.97 Å². The van der Waals surface area contributed by atoms with Crippen molar-refractivity contribution in [1.29, 1.82) is 0 Å². The molecule has 1 fully saturated rings. The molecule has 1 N–H and O–H groups in total. The monoisotopic (exact) mass is 297 g/mol. The van der Waals surface area contributed by atoms with Gasteiger partial charge in [-0.3, -0.25) is 0 Å². The number of nitrogens with one attached hydrogen (secondary N) is 1. The highest BCUT2D eigenvalue weighted by Crippen LogP contribution is 2.38. The van der Waals surface area contributed by atoms with Gasteiger partial charge in [0.1, 0.15) is 0 Å². The zero-order valence-corrected chi connectivity index (χ0v) is 13.3. The molecule has 1 aliphatic rings. The summed E-state index contributed by atoms with van der Waals surface area (Å²) in [5.41, 5.74) is 0. The molecule has 0 saturated heterocycles. The Balaban J connectivity index is 2.05. The van der Waals surface area contributed by atoms with Crippen molar-refractivity contribution in [2.45, 2.75) is 36.9 Å². The van der Waals surface area contributed by atoms with Gasteiger partial charge in [0.2, 0.25) is 17.7 Å². The summed E-state index contributed by atoms with van der Waals surface area (Å²) < 4.78 is 10.6. The summed E-state index contributed by atoms with van der Waals surface area (Å²) in [6.07, 6.45) is 8.67. The summed E-state index contributed by atoms with van der Waals surface area (Å²) >= 11 is 1.95. The zero-order valence-electron chi connectivity index (χ0n) is 12.4. The second kappa shape index (κ2) is 7.02. The van der Waals surface area contributed by atoms with Crippen molar-refractivity contribution < 1.29 is 9.47 Å². The van der Waals surface area contributed by atoms with E-state index in [1.54, 1.807) is 20.3 Å². The fourth-order valence-corrected chi connectivity index (χ4v) is 3.49. The fourth-order valence-electron chi connectivity index (χ4n) is 2.58. The van der Waals surface area contributed by atoms with Gasteiger partial charge >= 0.3 is 0 Å². The van der Waals surface area contributed by atoms with Crippen LogP contribution in [0.5, 0.6) is 11.8 Å². The van der Waals surface area contributed by atoms with E-state index in [0.29, 0.717) is 22.5 Å². The molecule has 2 rings (SSSR count). The number of rotatable bonds is 6. The number of anilines is 1. The van der Waals surface area contributed by atoms with Gasteiger partial charge in [-0.25, -0.2) is 0 Å². The highest BCUT2D eigenvalue weighted by atomic mass is 32.2. The summed E-state index contributed by atoms with van der Waals surface area (Å²) in [6, 6.07) is 1.68. The maximum absolute atomic E-state index is 5.16. The van der Waals surface area contributed by atoms with Crippen molar-refractivity contribution >= 4 is 17.7 Å². The summed E-state index contributed by atoms with van der Waals surface area (Å²) in [5, 5.41) is 3.35. The maximum atomic E-state index is 5.16. The van der Waals surface area contributed by atoms with Crippen LogP contribution < -0.4 is 14.8 Å². The van der Waals surface area contributed by atoms with Crippen LogP contribution in [0.15, 0.2) is 6.07 Å². The van der Waals surface area contributed by atoms with Gasteiger partial charge in [-0.05, 0) is 19.1 Å². The van der Waals surface area contributed by atoms with Crippen LogP contribution in [0.4, 0.5) is 5.95 Å². The number of nitrogens with zero attached hydrogens (tertiary/aromatic N) is 2. The molecule has 0 aromatic carbocycles. The van der Waals surface area contributed by atoms with Gasteiger partial charge < -0.3 is 14.8 Å². The van der Waals surface area contributed by atoms with Crippen molar-refractivity contribution in [3.05, 3.63) is 6.07 Å². The number of ether oxygens (including phenoxy) is 2. The first-order chi connectivity index (χ1) is 9.71. The summed E-state index contributed by atoms with van der Waals surface area (Å²) in [7, 11) is 3.19. The molecule has 1 saturated carbocycles. The van der Waals surface area contributed by atoms with Gasteiger partial charge in [-0.15, -0.1) is 0 Å². The third-order valence-corrected chi connectivity index (χ3v) is 5.28. The van der Waals surface area contributed by atoms with Crippen LogP contribution in [0.1, 0.15) is 32.1 Å². The second-order valence-corrected chi connectivity index (χ2v) is 6.35. The number of hydrogen-bond acceptors (Lipinski definition) is 6. The van der Waals surface area contributed by atoms with Crippen molar-refractivity contribution in [2.75, 3.05) is 32.3 Å². The Morgan fingerprint density at radius 3 is 2.25 bits per heavy atom. The van der Waals surface area contributed by atoms with E-state index in [1.807, 2.05) is 11.8 Å². The van der Waals surface area contributed by atoms with E-state index in [9.17, 15) is 0 Å². The van der Waals surface area contributed by atoms with Crippen molar-refractivity contribution in [3.8, 4) is 11.8 Å². The summed E-state index contributed by atoms with van der Waals surface area (Å²) in [4.78, 5) is 8.63. The third kappa shape index (κ3) is 3.69. The molecule has 112 valence electrons. The lowest BCUT2D eigenvalue weighted by molar-refractivity contribution is 0.372. The smallest absolute Gasteiger partial charge is 0.229 e. The fraction of sp³-hybridized carbons (Fsp3) is 0.714. The molecule has 1 heterocycles. The van der Waals surface area contributed by atoms with E-state index in [2.05, 4.69) is 21.5 Å². The molecule has 5 nitrogen and oxygen atoms in total. The average molecular weight is 297 g/mol. The highest BCUT2D eigenvalue weighted by Gasteiger charge is 2.31. The van der Waals surface area contributed by atoms with Gasteiger partial charge in [0, 0.05) is 11.3 Å². The highest BCUT2D eigenvalue weighted by molar-refractivity contribution is 8.00. The zero-order chi connectivity index (χ0) is 14.4. The Kier molecular flexibility index (Phi) is 5.34. The first kappa shape index (κ1) is 15.2. The molecule has 1 aromatic heterocycles. The topological polar surface area (TPSA) is 56.3 Å². The van der Waals surface area contributed by atoms with Crippen LogP contribution in [-0.4, -0.2) is 41.7 Å². The minimum atomic E-state index is 0.303. The van der Waals surface area contributed by atoms with Crippen molar-refractivity contribution in [2.24, 2.45) is 0 Å². The normalized spacial score (nSPS) is 17.6. The Morgan fingerprint density at radius 2 is 1.75 bits per heavy atom. The molecular formula is C14H23N3O2S. The Labute approximate surface area is 124 Å². The number of aromatic nitrogens is 2. The van der Waals surface area contributed by atoms with Gasteiger partial charge in [0.15, 0.2) is 0 Å². The molecule has 6 heteroatoms. The van der Waals surface area contributed by atoms with E-state index in [4.69, 9.17) is 9.47 Å². The summed E-state index contributed by atoms with van der Waals surface area (Å²) in [5.74, 6) is 1.60. The molecule has 0 aliphatic heterocycles. The number of thioether (sulfide) groups is 1. The molecule has 0 radical (unpaired) electrons. The largest absolute Gasteiger partial charge is 0.481 e. The first-order valence-corrected chi connectivity index (χ1v) is 8.20. The minimum Gasteiger partial charge on any atom is -0.481 e. The van der Waals surface area contributed by atoms with Crippen LogP contribution in [-0.2, 0) is 0 Å². The lowest BCUT2D eigenvalue weighted by atomic mass is 9.88. The van der Waals surface area contributed by atoms with Gasteiger partial charge in [0.05, 0.1) is 20.3 Å². The van der Waals surface area contributed by atoms with E-state index in [0.717, 1.165) is 6.54 Å². The Morgan fingerprint density at radius 1 is 1.15 bits per heavy atom. The van der Waals surface area contributed by atoms with Crippen LogP contribution in [0.3, 0.4) is 0 Å². The Bertz CT molecular complexity index is 414. The lowest BCUT2D eigenvalue weighted by Gasteiger charge is -2.35. The molecule has 0 unspecified atom stereocenters. The molecule has 0 atom stereocenters. The van der Waals surface area contributed by atoms with Crippen LogP contribution in [0.25, 0.3) is 0 Å². The summed E-state index contributed by atoms with van der Waals surface area (Å²) in [6.45, 7) is 0.879. The lowest BCUT2D eigenvalue weighted by Crippen LogP contribution is -2.35. The van der Waals surface area contributed by atoms with E-state index >= 15 is 0 Å². The number of hydrogen-bond donors (Lipinski definition) is 1. The van der Waals surface area contributed by atoms with Crippen LogP contribution in [0.2, 0.25) is 0 Å². The van der Waals surface area contributed by atoms with Gasteiger partial charge in [-0.2, -0.15) is 21.7 Å². The van der Waals surface area contributed by atoms with E-state index < -0.39 is 0 Å². The maximum Gasteiger partial charge on any atom is 0.229 e. The molecule has 1 aromatic rings. The van der Waals surface area contributed by atoms with Crippen molar-refractivity contribution in [3.63, 3.8) is 0 Å². The minimum absolute atomic E-state index is 0.303. The Hall–Kier alpha value is -1.17. The third-order valence-electron chi connectivity index (χ3n) is 3.86. The predicted octanol–water partition coefficient (Wildman–Crippen LogP) is 2.97. The molecule has 0 amide bonds. The number of methoxy groups -OCH3 is 2. The quantitative estimate of drug-likeness (QED) is 0.871. The van der Waals surface area contributed by atoms with Crippen LogP contribution in [0, 0.1) is 0 Å². The first-order valence-electron chi connectivity index (χ1n) is 6.97. The average Bonchev–Trinajstić information content (AvgIpc) is 2.53. The predicted molar refractivity (Wildman–Crippen MR) is 83.0 cm³/mol. The van der Waals surface area contributed by atoms with Crippen LogP contribution >= 0.6 is 11.8 Å².